The summed E-state index contributed by atoms with van der Waals surface area (Å²) >= 11 is 1.51. The first-order valence-corrected chi connectivity index (χ1v) is 10.8. The van der Waals surface area contributed by atoms with Crippen LogP contribution in [0.1, 0.15) is 33.5 Å². The monoisotopic (exact) mass is 461 g/mol. The molecule has 168 valence electrons. The van der Waals surface area contributed by atoms with Crippen LogP contribution in [0.15, 0.2) is 54.7 Å². The molecule has 2 heterocycles. The molecule has 0 aliphatic carbocycles. The molecule has 10 heteroatoms. The van der Waals surface area contributed by atoms with Crippen molar-refractivity contribution in [1.82, 2.24) is 20.3 Å². The summed E-state index contributed by atoms with van der Waals surface area (Å²) in [7, 11) is 0. The predicted octanol–water partition coefficient (Wildman–Crippen LogP) is 5.00. The molecule has 32 heavy (non-hydrogen) atoms. The third-order valence-electron chi connectivity index (χ3n) is 4.96. The highest BCUT2D eigenvalue weighted by Gasteiger charge is 2.31. The summed E-state index contributed by atoms with van der Waals surface area (Å²) in [5.41, 5.74) is 1.19. The number of thiazole rings is 1. The van der Waals surface area contributed by atoms with Crippen molar-refractivity contribution in [3.05, 3.63) is 75.7 Å². The minimum atomic E-state index is -4.46. The molecule has 2 aromatic carbocycles. The number of benzene rings is 2. The summed E-state index contributed by atoms with van der Waals surface area (Å²) < 4.78 is 39.8. The minimum absolute atomic E-state index is 0.121. The number of aliphatic hydroxyl groups excluding tert-OH is 1. The van der Waals surface area contributed by atoms with Crippen molar-refractivity contribution in [3.63, 3.8) is 0 Å². The highest BCUT2D eigenvalue weighted by molar-refractivity contribution is 7.11. The maximum absolute atomic E-state index is 13.3. The van der Waals surface area contributed by atoms with Crippen LogP contribution in [0, 0.1) is 6.92 Å². The second-order valence-electron chi connectivity index (χ2n) is 7.40. The molecule has 0 fully saturated rings. The summed E-state index contributed by atoms with van der Waals surface area (Å²) in [4.78, 5) is 12.7. The first-order chi connectivity index (χ1) is 15.3. The lowest BCUT2D eigenvalue weighted by molar-refractivity contribution is -0.137. The average Bonchev–Trinajstić information content (AvgIpc) is 3.36. The fourth-order valence-electron chi connectivity index (χ4n) is 3.41. The smallest absolute Gasteiger partial charge is 0.379 e. The van der Waals surface area contributed by atoms with Gasteiger partial charge in [0.15, 0.2) is 0 Å². The maximum Gasteiger partial charge on any atom is 0.416 e. The van der Waals surface area contributed by atoms with Crippen molar-refractivity contribution in [2.45, 2.75) is 38.3 Å². The van der Waals surface area contributed by atoms with Crippen LogP contribution in [0.25, 0.3) is 11.0 Å². The number of nitrogens with zero attached hydrogens (tertiary/aromatic N) is 2. The number of hydrogen-bond donors (Lipinski definition) is 4. The Kier molecular flexibility index (Phi) is 6.45. The number of para-hydroxylation sites is 2. The Morgan fingerprint density at radius 3 is 2.69 bits per heavy atom. The number of aryl methyl sites for hydroxylation is 1. The number of anilines is 1. The van der Waals surface area contributed by atoms with Gasteiger partial charge in [0, 0.05) is 24.0 Å². The molecule has 2 aromatic heterocycles. The fraction of sp³-hybridized carbons (Fsp3) is 0.273. The number of aliphatic hydroxyl groups is 1. The van der Waals surface area contributed by atoms with E-state index in [1.807, 2.05) is 31.2 Å². The molecule has 4 aromatic rings. The molecule has 0 bridgehead atoms. The lowest BCUT2D eigenvalue weighted by atomic mass is 10.0. The zero-order valence-corrected chi connectivity index (χ0v) is 18.0. The van der Waals surface area contributed by atoms with Gasteiger partial charge in [-0.15, -0.1) is 11.3 Å². The molecule has 0 aliphatic rings. The van der Waals surface area contributed by atoms with Crippen molar-refractivity contribution >= 4 is 28.3 Å². The van der Waals surface area contributed by atoms with Gasteiger partial charge in [0.25, 0.3) is 0 Å². The van der Waals surface area contributed by atoms with Gasteiger partial charge in [-0.2, -0.15) is 13.2 Å². The zero-order valence-electron chi connectivity index (χ0n) is 17.1. The number of alkyl halides is 3. The van der Waals surface area contributed by atoms with Gasteiger partial charge in [0.05, 0.1) is 27.6 Å². The van der Waals surface area contributed by atoms with Crippen LogP contribution in [0.3, 0.4) is 0 Å². The number of H-pyrrole nitrogens is 1. The molecule has 6 nitrogen and oxygen atoms in total. The third kappa shape index (κ3) is 5.45. The van der Waals surface area contributed by atoms with E-state index in [0.717, 1.165) is 33.1 Å². The number of rotatable bonds is 8. The Labute approximate surface area is 186 Å². The average molecular weight is 462 g/mol. The SMILES string of the molecule is Cc1ncc(CNC(O)CC(Nc2nc3ccccc3[nH]2)c2cccc(C(F)(F)F)c2)s1. The zero-order chi connectivity index (χ0) is 22.7. The van der Waals surface area contributed by atoms with Crippen molar-refractivity contribution in [1.29, 1.82) is 0 Å². The Hall–Kier alpha value is -2.95. The van der Waals surface area contributed by atoms with Crippen LogP contribution in [-0.4, -0.2) is 26.3 Å². The van der Waals surface area contributed by atoms with Gasteiger partial charge in [0.1, 0.15) is 6.23 Å². The number of hydrogen-bond acceptors (Lipinski definition) is 6. The molecule has 0 radical (unpaired) electrons. The van der Waals surface area contributed by atoms with Crippen molar-refractivity contribution in [2.75, 3.05) is 5.32 Å². The summed E-state index contributed by atoms with van der Waals surface area (Å²) in [6, 6.07) is 11.9. The van der Waals surface area contributed by atoms with E-state index in [2.05, 4.69) is 25.6 Å². The predicted molar refractivity (Wildman–Crippen MR) is 118 cm³/mol. The molecule has 4 N–H and O–H groups in total. The Morgan fingerprint density at radius 1 is 1.16 bits per heavy atom. The highest BCUT2D eigenvalue weighted by Crippen LogP contribution is 2.32. The molecule has 0 saturated carbocycles. The molecule has 2 unspecified atom stereocenters. The maximum atomic E-state index is 13.3. The van der Waals surface area contributed by atoms with Crippen LogP contribution in [-0.2, 0) is 12.7 Å². The topological polar surface area (TPSA) is 85.9 Å². The van der Waals surface area contributed by atoms with Gasteiger partial charge >= 0.3 is 6.18 Å². The summed E-state index contributed by atoms with van der Waals surface area (Å²) in [5.74, 6) is 0.416. The number of imidazole rings is 1. The highest BCUT2D eigenvalue weighted by atomic mass is 32.1. The van der Waals surface area contributed by atoms with E-state index < -0.39 is 24.0 Å². The van der Waals surface area contributed by atoms with Gasteiger partial charge in [-0.25, -0.2) is 9.97 Å². The van der Waals surface area contributed by atoms with E-state index in [4.69, 9.17) is 0 Å². The fourth-order valence-corrected chi connectivity index (χ4v) is 4.15. The van der Waals surface area contributed by atoms with Crippen LogP contribution >= 0.6 is 11.3 Å². The van der Waals surface area contributed by atoms with Crippen molar-refractivity contribution in [2.24, 2.45) is 0 Å². The number of aromatic amines is 1. The van der Waals surface area contributed by atoms with Gasteiger partial charge in [-0.05, 0) is 36.8 Å². The van der Waals surface area contributed by atoms with Crippen LogP contribution in [0.5, 0.6) is 0 Å². The normalized spacial score (nSPS) is 13.9. The van der Waals surface area contributed by atoms with Crippen LogP contribution < -0.4 is 10.6 Å². The quantitative estimate of drug-likeness (QED) is 0.278. The van der Waals surface area contributed by atoms with Crippen molar-refractivity contribution in [3.8, 4) is 0 Å². The second kappa shape index (κ2) is 9.27. The summed E-state index contributed by atoms with van der Waals surface area (Å²) in [6.45, 7) is 2.30. The largest absolute Gasteiger partial charge is 0.416 e. The molecule has 0 saturated heterocycles. The Morgan fingerprint density at radius 2 is 1.97 bits per heavy atom. The number of fused-ring (bicyclic) bond motifs is 1. The molecule has 0 amide bonds. The Balaban J connectivity index is 1.55. The standard InChI is InChI=1S/C22H22F3N5OS/c1-13-26-11-16(32-13)12-27-20(31)10-19(14-5-4-6-15(9-14)22(23,24)25)30-21-28-17-7-2-3-8-18(17)29-21/h2-9,11,19-20,27,31H,10,12H2,1H3,(H2,28,29,30). The number of halogens is 3. The lowest BCUT2D eigenvalue weighted by Crippen LogP contribution is -2.31. The van der Waals surface area contributed by atoms with E-state index >= 15 is 0 Å². The second-order valence-corrected chi connectivity index (χ2v) is 8.72. The number of nitrogens with one attached hydrogen (secondary N) is 3. The minimum Gasteiger partial charge on any atom is -0.379 e. The van der Waals surface area contributed by atoms with Gasteiger partial charge in [-0.1, -0.05) is 24.3 Å². The first kappa shape index (κ1) is 22.3. The third-order valence-corrected chi connectivity index (χ3v) is 5.87. The van der Waals surface area contributed by atoms with Crippen molar-refractivity contribution < 1.29 is 18.3 Å². The van der Waals surface area contributed by atoms with E-state index in [9.17, 15) is 18.3 Å². The summed E-state index contributed by atoms with van der Waals surface area (Å²) in [6.07, 6.45) is -3.57. The summed E-state index contributed by atoms with van der Waals surface area (Å²) in [5, 5.41) is 17.7. The molecule has 2 atom stereocenters. The van der Waals surface area contributed by atoms with E-state index in [1.165, 1.54) is 17.4 Å². The molecule has 0 spiro atoms. The number of aromatic nitrogens is 3. The first-order valence-electron chi connectivity index (χ1n) is 9.99. The van der Waals surface area contributed by atoms with Gasteiger partial charge in [-0.3, -0.25) is 5.32 Å². The molecule has 4 rings (SSSR count). The molecular weight excluding hydrogens is 439 g/mol. The van der Waals surface area contributed by atoms with Gasteiger partial charge < -0.3 is 15.4 Å². The lowest BCUT2D eigenvalue weighted by Gasteiger charge is -2.23. The van der Waals surface area contributed by atoms with E-state index in [-0.39, 0.29) is 6.42 Å². The Bertz CT molecular complexity index is 1160. The van der Waals surface area contributed by atoms with Gasteiger partial charge in [0.2, 0.25) is 5.95 Å². The van der Waals surface area contributed by atoms with E-state index in [0.29, 0.717) is 18.1 Å². The molecule has 0 aliphatic heterocycles. The van der Waals surface area contributed by atoms with Crippen LogP contribution in [0.4, 0.5) is 19.1 Å². The van der Waals surface area contributed by atoms with Crippen LogP contribution in [0.2, 0.25) is 0 Å². The molecular formula is C22H22F3N5OS. The van der Waals surface area contributed by atoms with E-state index in [1.54, 1.807) is 12.3 Å².